The molecule has 0 fully saturated rings. The summed E-state index contributed by atoms with van der Waals surface area (Å²) < 4.78 is 13.3. The van der Waals surface area contributed by atoms with Crippen molar-refractivity contribution in [2.24, 2.45) is 5.73 Å². The fourth-order valence-electron chi connectivity index (χ4n) is 1.90. The molecule has 0 atom stereocenters. The molecule has 1 aromatic heterocycles. The van der Waals surface area contributed by atoms with Gasteiger partial charge in [-0.05, 0) is 29.8 Å². The van der Waals surface area contributed by atoms with Gasteiger partial charge in [-0.1, -0.05) is 12.1 Å². The van der Waals surface area contributed by atoms with E-state index in [1.165, 1.54) is 17.0 Å². The molecule has 2 aromatic rings. The molecular weight excluding hydrogens is 257 g/mol. The Morgan fingerprint density at radius 1 is 1.30 bits per heavy atom. The van der Waals surface area contributed by atoms with Gasteiger partial charge in [0, 0.05) is 31.0 Å². The molecule has 0 spiro atoms. The Morgan fingerprint density at radius 2 is 2.15 bits per heavy atom. The summed E-state index contributed by atoms with van der Waals surface area (Å²) in [6, 6.07) is 9.63. The number of amides is 1. The van der Waals surface area contributed by atoms with E-state index in [-0.39, 0.29) is 24.7 Å². The molecule has 0 unspecified atom stereocenters. The predicted molar refractivity (Wildman–Crippen MR) is 75.5 cm³/mol. The fourth-order valence-corrected chi connectivity index (χ4v) is 1.90. The Kier molecular flexibility index (Phi) is 4.79. The lowest BCUT2D eigenvalue weighted by molar-refractivity contribution is -0.118. The summed E-state index contributed by atoms with van der Waals surface area (Å²) in [5, 5.41) is 0. The third kappa shape index (κ3) is 3.61. The second-order valence-corrected chi connectivity index (χ2v) is 4.36. The van der Waals surface area contributed by atoms with E-state index in [1.807, 2.05) is 6.07 Å². The van der Waals surface area contributed by atoms with Gasteiger partial charge in [0.1, 0.15) is 5.82 Å². The highest BCUT2D eigenvalue weighted by Gasteiger charge is 2.16. The van der Waals surface area contributed by atoms with Crippen LogP contribution in [0.3, 0.4) is 0 Å². The molecule has 0 aliphatic heterocycles. The largest absolute Gasteiger partial charge is 0.330 e. The Bertz CT molecular complexity index is 574. The SMILES string of the molecule is NCCC(=O)N(Cc1cccnc1)c1cccc(F)c1. The van der Waals surface area contributed by atoms with Gasteiger partial charge in [0.05, 0.1) is 6.54 Å². The molecule has 2 N–H and O–H groups in total. The molecule has 0 radical (unpaired) electrons. The minimum Gasteiger partial charge on any atom is -0.330 e. The van der Waals surface area contributed by atoms with Crippen LogP contribution < -0.4 is 10.6 Å². The Balaban J connectivity index is 2.27. The maximum atomic E-state index is 13.3. The zero-order valence-electron chi connectivity index (χ0n) is 11.0. The van der Waals surface area contributed by atoms with Crippen molar-refractivity contribution in [1.29, 1.82) is 0 Å². The first-order valence-electron chi connectivity index (χ1n) is 6.35. The molecule has 0 aliphatic rings. The lowest BCUT2D eigenvalue weighted by Crippen LogP contribution is -2.31. The summed E-state index contributed by atoms with van der Waals surface area (Å²) in [5.74, 6) is -0.513. The van der Waals surface area contributed by atoms with E-state index < -0.39 is 0 Å². The number of rotatable bonds is 5. The van der Waals surface area contributed by atoms with Crippen LogP contribution in [-0.2, 0) is 11.3 Å². The summed E-state index contributed by atoms with van der Waals surface area (Å²) in [5.41, 5.74) is 6.83. The summed E-state index contributed by atoms with van der Waals surface area (Å²) in [7, 11) is 0. The summed E-state index contributed by atoms with van der Waals surface area (Å²) in [6.45, 7) is 0.605. The minimum atomic E-state index is -0.376. The minimum absolute atomic E-state index is 0.137. The average Bonchev–Trinajstić information content (AvgIpc) is 2.46. The van der Waals surface area contributed by atoms with Crippen LogP contribution in [0.4, 0.5) is 10.1 Å². The summed E-state index contributed by atoms with van der Waals surface area (Å²) in [6.07, 6.45) is 3.57. The maximum absolute atomic E-state index is 13.3. The number of anilines is 1. The van der Waals surface area contributed by atoms with Gasteiger partial charge < -0.3 is 10.6 Å². The van der Waals surface area contributed by atoms with Crippen molar-refractivity contribution in [2.45, 2.75) is 13.0 Å². The summed E-state index contributed by atoms with van der Waals surface area (Å²) >= 11 is 0. The van der Waals surface area contributed by atoms with E-state index in [1.54, 1.807) is 30.6 Å². The number of benzene rings is 1. The first-order chi connectivity index (χ1) is 9.70. The van der Waals surface area contributed by atoms with Crippen molar-refractivity contribution in [3.8, 4) is 0 Å². The van der Waals surface area contributed by atoms with Gasteiger partial charge in [-0.3, -0.25) is 9.78 Å². The van der Waals surface area contributed by atoms with E-state index in [2.05, 4.69) is 4.98 Å². The topological polar surface area (TPSA) is 59.2 Å². The van der Waals surface area contributed by atoms with Gasteiger partial charge in [-0.25, -0.2) is 4.39 Å². The third-order valence-corrected chi connectivity index (χ3v) is 2.84. The number of carbonyl (C=O) groups is 1. The highest BCUT2D eigenvalue weighted by atomic mass is 19.1. The first-order valence-corrected chi connectivity index (χ1v) is 6.35. The number of hydrogen-bond acceptors (Lipinski definition) is 3. The second kappa shape index (κ2) is 6.77. The highest BCUT2D eigenvalue weighted by Crippen LogP contribution is 2.19. The lowest BCUT2D eigenvalue weighted by Gasteiger charge is -2.22. The van der Waals surface area contributed by atoms with E-state index in [0.717, 1.165) is 5.56 Å². The molecule has 1 heterocycles. The highest BCUT2D eigenvalue weighted by molar-refractivity contribution is 5.93. The quantitative estimate of drug-likeness (QED) is 0.907. The monoisotopic (exact) mass is 273 g/mol. The van der Waals surface area contributed by atoms with Crippen LogP contribution in [0, 0.1) is 5.82 Å². The standard InChI is InChI=1S/C15H16FN3O/c16-13-4-1-5-14(9-13)19(15(20)6-7-17)11-12-3-2-8-18-10-12/h1-5,8-10H,6-7,11,17H2. The van der Waals surface area contributed by atoms with Crippen LogP contribution in [0.1, 0.15) is 12.0 Å². The number of nitrogens with zero attached hydrogens (tertiary/aromatic N) is 2. The van der Waals surface area contributed by atoms with Crippen molar-refractivity contribution < 1.29 is 9.18 Å². The first kappa shape index (κ1) is 14.1. The van der Waals surface area contributed by atoms with Gasteiger partial charge in [-0.15, -0.1) is 0 Å². The number of aromatic nitrogens is 1. The molecule has 4 nitrogen and oxygen atoms in total. The number of pyridine rings is 1. The van der Waals surface area contributed by atoms with E-state index in [9.17, 15) is 9.18 Å². The van der Waals surface area contributed by atoms with Crippen molar-refractivity contribution >= 4 is 11.6 Å². The van der Waals surface area contributed by atoms with Crippen molar-refractivity contribution in [3.05, 3.63) is 60.2 Å². The molecular formula is C15H16FN3O. The molecule has 0 bridgehead atoms. The van der Waals surface area contributed by atoms with E-state index in [4.69, 9.17) is 5.73 Å². The Labute approximate surface area is 117 Å². The second-order valence-electron chi connectivity index (χ2n) is 4.36. The molecule has 0 saturated carbocycles. The van der Waals surface area contributed by atoms with Crippen molar-refractivity contribution in [3.63, 3.8) is 0 Å². The van der Waals surface area contributed by atoms with Crippen molar-refractivity contribution in [2.75, 3.05) is 11.4 Å². The molecule has 2 rings (SSSR count). The summed E-state index contributed by atoms with van der Waals surface area (Å²) in [4.78, 5) is 17.7. The zero-order chi connectivity index (χ0) is 14.4. The predicted octanol–water partition coefficient (Wildman–Crippen LogP) is 2.10. The number of carbonyl (C=O) groups excluding carboxylic acids is 1. The lowest BCUT2D eigenvalue weighted by atomic mass is 10.2. The third-order valence-electron chi connectivity index (χ3n) is 2.84. The van der Waals surface area contributed by atoms with Crippen molar-refractivity contribution in [1.82, 2.24) is 4.98 Å². The van der Waals surface area contributed by atoms with E-state index >= 15 is 0 Å². The molecule has 20 heavy (non-hydrogen) atoms. The Morgan fingerprint density at radius 3 is 2.80 bits per heavy atom. The van der Waals surface area contributed by atoms with Gasteiger partial charge >= 0.3 is 0 Å². The van der Waals surface area contributed by atoms with E-state index in [0.29, 0.717) is 12.2 Å². The molecule has 0 saturated heterocycles. The zero-order valence-corrected chi connectivity index (χ0v) is 11.0. The molecule has 0 aliphatic carbocycles. The molecule has 5 heteroatoms. The van der Waals surface area contributed by atoms with Crippen LogP contribution in [0.5, 0.6) is 0 Å². The molecule has 104 valence electrons. The molecule has 1 aromatic carbocycles. The smallest absolute Gasteiger partial charge is 0.228 e. The van der Waals surface area contributed by atoms with Crippen LogP contribution >= 0.6 is 0 Å². The van der Waals surface area contributed by atoms with Crippen LogP contribution in [-0.4, -0.2) is 17.4 Å². The fraction of sp³-hybridized carbons (Fsp3) is 0.200. The average molecular weight is 273 g/mol. The number of nitrogens with two attached hydrogens (primary N) is 1. The maximum Gasteiger partial charge on any atom is 0.228 e. The normalized spacial score (nSPS) is 10.3. The van der Waals surface area contributed by atoms with Crippen LogP contribution in [0.2, 0.25) is 0 Å². The number of hydrogen-bond donors (Lipinski definition) is 1. The van der Waals surface area contributed by atoms with Gasteiger partial charge in [0.25, 0.3) is 0 Å². The van der Waals surface area contributed by atoms with Crippen LogP contribution in [0.15, 0.2) is 48.8 Å². The van der Waals surface area contributed by atoms with Gasteiger partial charge in [0.2, 0.25) is 5.91 Å². The Hall–Kier alpha value is -2.27. The van der Waals surface area contributed by atoms with Gasteiger partial charge in [-0.2, -0.15) is 0 Å². The van der Waals surface area contributed by atoms with Gasteiger partial charge in [0.15, 0.2) is 0 Å². The van der Waals surface area contributed by atoms with Crippen LogP contribution in [0.25, 0.3) is 0 Å². The number of halogens is 1. The molecule has 1 amide bonds.